The Hall–Kier alpha value is -3.48. The number of pyridine rings is 1. The van der Waals surface area contributed by atoms with Crippen LogP contribution >= 0.6 is 0 Å². The van der Waals surface area contributed by atoms with Crippen molar-refractivity contribution in [2.75, 3.05) is 11.9 Å². The molecule has 4 rings (SSSR count). The molecule has 0 amide bonds. The Morgan fingerprint density at radius 1 is 1.03 bits per heavy atom. The number of aromatic nitrogens is 4. The first kappa shape index (κ1) is 23.2. The molecule has 6 nitrogen and oxygen atoms in total. The molecule has 168 valence electrons. The van der Waals surface area contributed by atoms with Crippen LogP contribution in [-0.4, -0.2) is 31.2 Å². The van der Waals surface area contributed by atoms with Gasteiger partial charge in [-0.1, -0.05) is 46.8 Å². The molecule has 0 aliphatic heterocycles. The molecule has 3 aromatic heterocycles. The SMILES string of the molecule is CC.CC(C)c1cnn2c(NCC(C)c3ccc(O)cc3)cc(-c3cncc(F)c3)nc12. The lowest BCUT2D eigenvalue weighted by Gasteiger charge is -2.16. The van der Waals surface area contributed by atoms with E-state index < -0.39 is 5.82 Å². The molecule has 0 aliphatic rings. The number of halogens is 1. The zero-order valence-corrected chi connectivity index (χ0v) is 19.2. The number of hydrogen-bond donors (Lipinski definition) is 2. The summed E-state index contributed by atoms with van der Waals surface area (Å²) in [6.45, 7) is 10.9. The van der Waals surface area contributed by atoms with E-state index in [4.69, 9.17) is 4.98 Å². The summed E-state index contributed by atoms with van der Waals surface area (Å²) >= 11 is 0. The van der Waals surface area contributed by atoms with Crippen molar-refractivity contribution >= 4 is 11.5 Å². The van der Waals surface area contributed by atoms with E-state index >= 15 is 0 Å². The van der Waals surface area contributed by atoms with Gasteiger partial charge in [-0.25, -0.2) is 9.37 Å². The maximum atomic E-state index is 13.7. The summed E-state index contributed by atoms with van der Waals surface area (Å²) in [5.41, 5.74) is 4.13. The van der Waals surface area contributed by atoms with E-state index in [-0.39, 0.29) is 17.6 Å². The lowest BCUT2D eigenvalue weighted by atomic mass is 10.0. The number of aromatic hydroxyl groups is 1. The average Bonchev–Trinajstić information content (AvgIpc) is 3.23. The lowest BCUT2D eigenvalue weighted by molar-refractivity contribution is 0.475. The van der Waals surface area contributed by atoms with Gasteiger partial charge in [0.1, 0.15) is 17.4 Å². The highest BCUT2D eigenvalue weighted by Gasteiger charge is 2.16. The molecular formula is C25H30FN5O. The molecule has 0 saturated heterocycles. The molecule has 2 N–H and O–H groups in total. The van der Waals surface area contributed by atoms with Crippen molar-refractivity contribution in [3.05, 3.63) is 71.9 Å². The number of phenolic OH excluding ortho intramolecular Hbond substituents is 1. The third-order valence-corrected chi connectivity index (χ3v) is 5.17. The fourth-order valence-electron chi connectivity index (χ4n) is 3.39. The first-order valence-corrected chi connectivity index (χ1v) is 10.9. The van der Waals surface area contributed by atoms with Crippen molar-refractivity contribution in [2.24, 2.45) is 0 Å². The van der Waals surface area contributed by atoms with Crippen LogP contribution < -0.4 is 5.32 Å². The Balaban J connectivity index is 0.00000141. The van der Waals surface area contributed by atoms with Crippen LogP contribution in [0.1, 0.15) is 57.6 Å². The summed E-state index contributed by atoms with van der Waals surface area (Å²) in [6.07, 6.45) is 4.62. The van der Waals surface area contributed by atoms with Crippen molar-refractivity contribution in [1.82, 2.24) is 19.6 Å². The minimum atomic E-state index is -0.401. The van der Waals surface area contributed by atoms with Crippen LogP contribution in [0.25, 0.3) is 16.9 Å². The molecule has 0 radical (unpaired) electrons. The summed E-state index contributed by atoms with van der Waals surface area (Å²) < 4.78 is 15.5. The second-order valence-corrected chi connectivity index (χ2v) is 7.78. The summed E-state index contributed by atoms with van der Waals surface area (Å²) in [4.78, 5) is 8.71. The van der Waals surface area contributed by atoms with E-state index in [1.165, 1.54) is 12.3 Å². The third kappa shape index (κ3) is 5.04. The van der Waals surface area contributed by atoms with Crippen molar-refractivity contribution in [3.63, 3.8) is 0 Å². The number of phenols is 1. The Bertz CT molecular complexity index is 1170. The number of fused-ring (bicyclic) bond motifs is 1. The van der Waals surface area contributed by atoms with E-state index in [9.17, 15) is 9.50 Å². The standard InChI is InChI=1S/C23H24FN5O.C2H6/c1-14(2)20-13-27-29-22(26-10-15(3)16-4-6-19(30)7-5-16)9-21(28-23(20)29)17-8-18(24)12-25-11-17;1-2/h4-9,11-15,26,30H,10H2,1-3H3;1-2H3. The molecule has 3 heterocycles. The molecular weight excluding hydrogens is 405 g/mol. The van der Waals surface area contributed by atoms with Crippen molar-refractivity contribution in [1.29, 1.82) is 0 Å². The van der Waals surface area contributed by atoms with Gasteiger partial charge < -0.3 is 10.4 Å². The van der Waals surface area contributed by atoms with E-state index in [2.05, 4.69) is 36.2 Å². The van der Waals surface area contributed by atoms with Gasteiger partial charge >= 0.3 is 0 Å². The lowest BCUT2D eigenvalue weighted by Crippen LogP contribution is -2.13. The van der Waals surface area contributed by atoms with Crippen molar-refractivity contribution < 1.29 is 9.50 Å². The van der Waals surface area contributed by atoms with Crippen molar-refractivity contribution in [3.8, 4) is 17.0 Å². The summed E-state index contributed by atoms with van der Waals surface area (Å²) in [7, 11) is 0. The number of nitrogens with zero attached hydrogens (tertiary/aromatic N) is 4. The fraction of sp³-hybridized carbons (Fsp3) is 0.320. The first-order chi connectivity index (χ1) is 15.4. The van der Waals surface area contributed by atoms with Gasteiger partial charge in [-0.2, -0.15) is 9.61 Å². The fourth-order valence-corrected chi connectivity index (χ4v) is 3.39. The van der Waals surface area contributed by atoms with Crippen LogP contribution in [0.3, 0.4) is 0 Å². The van der Waals surface area contributed by atoms with Gasteiger partial charge in [-0.15, -0.1) is 0 Å². The number of benzene rings is 1. The average molecular weight is 436 g/mol. The molecule has 1 atom stereocenters. The Kier molecular flexibility index (Phi) is 7.41. The van der Waals surface area contributed by atoms with Gasteiger partial charge in [0.05, 0.1) is 18.1 Å². The zero-order valence-electron chi connectivity index (χ0n) is 19.2. The maximum absolute atomic E-state index is 13.7. The quantitative estimate of drug-likeness (QED) is 0.388. The van der Waals surface area contributed by atoms with Crippen molar-refractivity contribution in [2.45, 2.75) is 46.5 Å². The predicted molar refractivity (Wildman–Crippen MR) is 127 cm³/mol. The molecule has 0 bridgehead atoms. The Labute approximate surface area is 188 Å². The molecule has 0 spiro atoms. The first-order valence-electron chi connectivity index (χ1n) is 10.9. The van der Waals surface area contributed by atoms with Crippen LogP contribution in [-0.2, 0) is 0 Å². The van der Waals surface area contributed by atoms with E-state index in [0.29, 0.717) is 17.8 Å². The highest BCUT2D eigenvalue weighted by Crippen LogP contribution is 2.27. The van der Waals surface area contributed by atoms with Crippen LogP contribution in [0.5, 0.6) is 5.75 Å². The van der Waals surface area contributed by atoms with E-state index in [0.717, 1.165) is 22.6 Å². The molecule has 0 aliphatic carbocycles. The second-order valence-electron chi connectivity index (χ2n) is 7.78. The molecule has 0 saturated carbocycles. The topological polar surface area (TPSA) is 75.3 Å². The van der Waals surface area contributed by atoms with Crippen LogP contribution in [0, 0.1) is 5.82 Å². The van der Waals surface area contributed by atoms with Crippen LogP contribution in [0.15, 0.2) is 55.0 Å². The highest BCUT2D eigenvalue weighted by molar-refractivity contribution is 5.67. The van der Waals surface area contributed by atoms with Gasteiger partial charge in [0.2, 0.25) is 0 Å². The smallest absolute Gasteiger partial charge is 0.161 e. The molecule has 32 heavy (non-hydrogen) atoms. The van der Waals surface area contributed by atoms with Crippen LogP contribution in [0.2, 0.25) is 0 Å². The Morgan fingerprint density at radius 3 is 2.41 bits per heavy atom. The minimum absolute atomic E-state index is 0.202. The number of hydrogen-bond acceptors (Lipinski definition) is 5. The van der Waals surface area contributed by atoms with Gasteiger partial charge in [-0.3, -0.25) is 4.98 Å². The van der Waals surface area contributed by atoms with Gasteiger partial charge in [-0.05, 0) is 35.6 Å². The molecule has 7 heteroatoms. The molecule has 1 unspecified atom stereocenters. The highest BCUT2D eigenvalue weighted by atomic mass is 19.1. The molecule has 1 aromatic carbocycles. The monoisotopic (exact) mass is 435 g/mol. The number of nitrogens with one attached hydrogen (secondary N) is 1. The molecule has 0 fully saturated rings. The summed E-state index contributed by atoms with van der Waals surface area (Å²) in [6, 6.07) is 10.5. The second kappa shape index (κ2) is 10.2. The number of anilines is 1. The third-order valence-electron chi connectivity index (χ3n) is 5.17. The normalized spacial score (nSPS) is 11.8. The van der Waals surface area contributed by atoms with E-state index in [1.54, 1.807) is 22.8 Å². The minimum Gasteiger partial charge on any atom is -0.508 e. The van der Waals surface area contributed by atoms with Gasteiger partial charge in [0.15, 0.2) is 5.65 Å². The summed E-state index contributed by atoms with van der Waals surface area (Å²) in [5, 5.41) is 17.5. The zero-order chi connectivity index (χ0) is 23.3. The Morgan fingerprint density at radius 2 is 1.75 bits per heavy atom. The summed E-state index contributed by atoms with van der Waals surface area (Å²) in [5.74, 6) is 1.08. The predicted octanol–water partition coefficient (Wildman–Crippen LogP) is 6.00. The molecule has 4 aromatic rings. The van der Waals surface area contributed by atoms with Gasteiger partial charge in [0, 0.05) is 29.9 Å². The van der Waals surface area contributed by atoms with E-state index in [1.807, 2.05) is 38.2 Å². The largest absolute Gasteiger partial charge is 0.508 e. The van der Waals surface area contributed by atoms with Crippen LogP contribution in [0.4, 0.5) is 10.2 Å². The number of rotatable bonds is 6. The van der Waals surface area contributed by atoms with Gasteiger partial charge in [0.25, 0.3) is 0 Å². The maximum Gasteiger partial charge on any atom is 0.161 e.